The van der Waals surface area contributed by atoms with Crippen LogP contribution in [0.4, 0.5) is 14.5 Å². The first-order chi connectivity index (χ1) is 11.1. The molecule has 0 radical (unpaired) electrons. The molecule has 23 heavy (non-hydrogen) atoms. The Morgan fingerprint density at radius 1 is 1.09 bits per heavy atom. The molecule has 0 aliphatic rings. The molecule has 7 heteroatoms. The van der Waals surface area contributed by atoms with Gasteiger partial charge in [0.25, 0.3) is 0 Å². The first kappa shape index (κ1) is 14.8. The van der Waals surface area contributed by atoms with Crippen LogP contribution in [0.2, 0.25) is 0 Å². The maximum Gasteiger partial charge on any atom is 0.246 e. The molecule has 0 atom stereocenters. The number of amides is 1. The van der Waals surface area contributed by atoms with Crippen molar-refractivity contribution in [3.05, 3.63) is 66.4 Å². The Morgan fingerprint density at radius 3 is 2.61 bits per heavy atom. The molecule has 0 unspecified atom stereocenters. The summed E-state index contributed by atoms with van der Waals surface area (Å²) in [5.41, 5.74) is 1.54. The van der Waals surface area contributed by atoms with Gasteiger partial charge in [-0.1, -0.05) is 17.3 Å². The molecule has 2 aromatic carbocycles. The highest BCUT2D eigenvalue weighted by atomic mass is 19.1. The molecule has 3 rings (SSSR count). The van der Waals surface area contributed by atoms with Crippen LogP contribution in [-0.4, -0.2) is 20.9 Å². The van der Waals surface area contributed by atoms with E-state index in [4.69, 9.17) is 0 Å². The molecule has 1 aromatic heterocycles. The van der Waals surface area contributed by atoms with Gasteiger partial charge in [-0.15, -0.1) is 5.10 Å². The summed E-state index contributed by atoms with van der Waals surface area (Å²) in [7, 11) is 0. The molecule has 1 N–H and O–H groups in total. The molecule has 0 fully saturated rings. The Kier molecular flexibility index (Phi) is 4.09. The summed E-state index contributed by atoms with van der Waals surface area (Å²) in [5.74, 6) is -1.07. The van der Waals surface area contributed by atoms with Crippen LogP contribution in [0.3, 0.4) is 0 Å². The number of aromatic nitrogens is 3. The Labute approximate surface area is 130 Å². The smallest absolute Gasteiger partial charge is 0.246 e. The SMILES string of the molecule is O=C(Cn1cc(-c2cccc(F)c2)nn1)Nc1ccc(F)cc1. The monoisotopic (exact) mass is 314 g/mol. The standard InChI is InChI=1S/C16H12F2N4O/c17-12-4-6-14(7-5-12)19-16(23)10-22-9-15(20-21-22)11-2-1-3-13(18)8-11/h1-9H,10H2,(H,19,23). The van der Waals surface area contributed by atoms with Crippen LogP contribution < -0.4 is 5.32 Å². The number of carbonyl (C=O) groups is 1. The predicted octanol–water partition coefficient (Wildman–Crippen LogP) is 2.86. The molecule has 0 aliphatic heterocycles. The minimum Gasteiger partial charge on any atom is -0.324 e. The number of rotatable bonds is 4. The van der Waals surface area contributed by atoms with Gasteiger partial charge in [0.15, 0.2) is 0 Å². The van der Waals surface area contributed by atoms with Crippen LogP contribution in [0.1, 0.15) is 0 Å². The number of hydrogen-bond donors (Lipinski definition) is 1. The highest BCUT2D eigenvalue weighted by molar-refractivity contribution is 5.90. The summed E-state index contributed by atoms with van der Waals surface area (Å²) in [6.07, 6.45) is 1.55. The average molecular weight is 314 g/mol. The van der Waals surface area contributed by atoms with E-state index in [-0.39, 0.29) is 24.1 Å². The lowest BCUT2D eigenvalue weighted by molar-refractivity contribution is -0.116. The number of nitrogens with zero attached hydrogens (tertiary/aromatic N) is 3. The molecule has 0 spiro atoms. The largest absolute Gasteiger partial charge is 0.324 e. The third kappa shape index (κ3) is 3.76. The van der Waals surface area contributed by atoms with Crippen LogP contribution >= 0.6 is 0 Å². The van der Waals surface area contributed by atoms with E-state index in [1.807, 2.05) is 0 Å². The minimum absolute atomic E-state index is 0.0559. The fraction of sp³-hybridized carbons (Fsp3) is 0.0625. The van der Waals surface area contributed by atoms with Gasteiger partial charge in [-0.2, -0.15) is 0 Å². The Bertz CT molecular complexity index is 830. The van der Waals surface area contributed by atoms with Crippen LogP contribution in [-0.2, 0) is 11.3 Å². The van der Waals surface area contributed by atoms with Crippen LogP contribution in [0.15, 0.2) is 54.7 Å². The molecule has 0 aliphatic carbocycles. The molecule has 116 valence electrons. The topological polar surface area (TPSA) is 59.8 Å². The second kappa shape index (κ2) is 6.35. The van der Waals surface area contributed by atoms with Crippen molar-refractivity contribution in [2.24, 2.45) is 0 Å². The highest BCUT2D eigenvalue weighted by Crippen LogP contribution is 2.16. The van der Waals surface area contributed by atoms with E-state index in [9.17, 15) is 13.6 Å². The number of nitrogens with one attached hydrogen (secondary N) is 1. The fourth-order valence-electron chi connectivity index (χ4n) is 2.04. The Hall–Kier alpha value is -3.09. The van der Waals surface area contributed by atoms with E-state index < -0.39 is 0 Å². The number of benzene rings is 2. The van der Waals surface area contributed by atoms with Gasteiger partial charge in [-0.05, 0) is 36.4 Å². The van der Waals surface area contributed by atoms with E-state index in [0.717, 1.165) is 0 Å². The van der Waals surface area contributed by atoms with Gasteiger partial charge in [-0.3, -0.25) is 4.79 Å². The quantitative estimate of drug-likeness (QED) is 0.805. The van der Waals surface area contributed by atoms with Crippen molar-refractivity contribution in [3.8, 4) is 11.3 Å². The maximum atomic E-state index is 13.2. The van der Waals surface area contributed by atoms with Crippen LogP contribution in [0.25, 0.3) is 11.3 Å². The molecule has 1 amide bonds. The second-order valence-electron chi connectivity index (χ2n) is 4.87. The summed E-state index contributed by atoms with van der Waals surface area (Å²) in [5, 5.41) is 10.4. The molecule has 5 nitrogen and oxygen atoms in total. The first-order valence-corrected chi connectivity index (χ1v) is 6.82. The van der Waals surface area contributed by atoms with Crippen molar-refractivity contribution in [2.75, 3.05) is 5.32 Å². The van der Waals surface area contributed by atoms with Gasteiger partial charge >= 0.3 is 0 Å². The zero-order valence-electron chi connectivity index (χ0n) is 11.9. The molecule has 0 saturated carbocycles. The lowest BCUT2D eigenvalue weighted by Crippen LogP contribution is -2.19. The van der Waals surface area contributed by atoms with Crippen molar-refractivity contribution in [1.82, 2.24) is 15.0 Å². The van der Waals surface area contributed by atoms with E-state index in [1.54, 1.807) is 18.3 Å². The fourth-order valence-corrected chi connectivity index (χ4v) is 2.04. The summed E-state index contributed by atoms with van der Waals surface area (Å²) >= 11 is 0. The zero-order chi connectivity index (χ0) is 16.2. The number of hydrogen-bond acceptors (Lipinski definition) is 3. The highest BCUT2D eigenvalue weighted by Gasteiger charge is 2.08. The van der Waals surface area contributed by atoms with Crippen molar-refractivity contribution in [2.45, 2.75) is 6.54 Å². The van der Waals surface area contributed by atoms with E-state index in [1.165, 1.54) is 41.1 Å². The van der Waals surface area contributed by atoms with Gasteiger partial charge in [0, 0.05) is 11.3 Å². The van der Waals surface area contributed by atoms with Gasteiger partial charge in [-0.25, -0.2) is 13.5 Å². The predicted molar refractivity (Wildman–Crippen MR) is 80.4 cm³/mol. The van der Waals surface area contributed by atoms with Gasteiger partial charge in [0.2, 0.25) is 5.91 Å². The molecule has 0 bridgehead atoms. The van der Waals surface area contributed by atoms with Crippen LogP contribution in [0, 0.1) is 11.6 Å². The second-order valence-corrected chi connectivity index (χ2v) is 4.87. The summed E-state index contributed by atoms with van der Waals surface area (Å²) in [6.45, 7) is -0.0559. The van der Waals surface area contributed by atoms with Crippen molar-refractivity contribution in [1.29, 1.82) is 0 Å². The van der Waals surface area contributed by atoms with Gasteiger partial charge in [0.05, 0.1) is 6.20 Å². The third-order valence-electron chi connectivity index (χ3n) is 3.09. The number of halogens is 2. The Morgan fingerprint density at radius 2 is 1.87 bits per heavy atom. The van der Waals surface area contributed by atoms with Gasteiger partial charge in [0.1, 0.15) is 23.9 Å². The lowest BCUT2D eigenvalue weighted by Gasteiger charge is -2.04. The lowest BCUT2D eigenvalue weighted by atomic mass is 10.2. The summed E-state index contributed by atoms with van der Waals surface area (Å²) in [4.78, 5) is 11.9. The average Bonchev–Trinajstić information content (AvgIpc) is 2.98. The molecule has 3 aromatic rings. The van der Waals surface area contributed by atoms with Crippen molar-refractivity contribution >= 4 is 11.6 Å². The third-order valence-corrected chi connectivity index (χ3v) is 3.09. The van der Waals surface area contributed by atoms with Gasteiger partial charge < -0.3 is 5.32 Å². The molecule has 0 saturated heterocycles. The number of anilines is 1. The minimum atomic E-state index is -0.376. The van der Waals surface area contributed by atoms with Crippen LogP contribution in [0.5, 0.6) is 0 Å². The van der Waals surface area contributed by atoms with Crippen molar-refractivity contribution < 1.29 is 13.6 Å². The molecule has 1 heterocycles. The Balaban J connectivity index is 1.66. The molecular weight excluding hydrogens is 302 g/mol. The van der Waals surface area contributed by atoms with E-state index >= 15 is 0 Å². The zero-order valence-corrected chi connectivity index (χ0v) is 11.9. The molecular formula is C16H12F2N4O. The van der Waals surface area contributed by atoms with E-state index in [0.29, 0.717) is 16.9 Å². The van der Waals surface area contributed by atoms with E-state index in [2.05, 4.69) is 15.6 Å². The number of carbonyl (C=O) groups excluding carboxylic acids is 1. The maximum absolute atomic E-state index is 13.2. The van der Waals surface area contributed by atoms with Crippen molar-refractivity contribution in [3.63, 3.8) is 0 Å². The first-order valence-electron chi connectivity index (χ1n) is 6.82. The summed E-state index contributed by atoms with van der Waals surface area (Å²) < 4.78 is 27.3. The normalized spacial score (nSPS) is 10.5. The summed E-state index contributed by atoms with van der Waals surface area (Å²) in [6, 6.07) is 11.4.